The van der Waals surface area contributed by atoms with Gasteiger partial charge < -0.3 is 4.74 Å². The van der Waals surface area contributed by atoms with Gasteiger partial charge in [-0.05, 0) is 45.0 Å². The second-order valence-electron chi connectivity index (χ2n) is 8.42. The van der Waals surface area contributed by atoms with Gasteiger partial charge in [0.1, 0.15) is 23.1 Å². The van der Waals surface area contributed by atoms with Crippen molar-refractivity contribution in [1.82, 2.24) is 19.1 Å². The molecule has 1 aliphatic heterocycles. The molecular formula is C21H21ClF2N4O3. The van der Waals surface area contributed by atoms with Crippen molar-refractivity contribution >= 4 is 23.2 Å². The van der Waals surface area contributed by atoms with Gasteiger partial charge in [-0.3, -0.25) is 14.3 Å². The van der Waals surface area contributed by atoms with Gasteiger partial charge >= 0.3 is 6.09 Å². The topological polar surface area (TPSA) is 68.8 Å². The molecule has 1 aliphatic rings. The number of fused-ring (bicyclic) bond motifs is 1. The highest BCUT2D eigenvalue weighted by Crippen LogP contribution is 2.34. The Morgan fingerprint density at radius 2 is 2.03 bits per heavy atom. The Morgan fingerprint density at radius 3 is 2.71 bits per heavy atom. The zero-order valence-corrected chi connectivity index (χ0v) is 17.9. The quantitative estimate of drug-likeness (QED) is 0.584. The standard InChI is InChI=1S/C21H21ClF2N4O3/c1-21(2,3)31-20(30)26-11-13(24)10-16(26)18-25-27-8-7-15(22)17(27)19(29)28(18)14-6-4-5-12(23)9-14/h4-9,13,16H,10-11H2,1-3H3/t13-,16-/m0/s1. The van der Waals surface area contributed by atoms with Crippen LogP contribution in [0.2, 0.25) is 5.02 Å². The molecule has 1 amide bonds. The lowest BCUT2D eigenvalue weighted by molar-refractivity contribution is 0.0207. The first kappa shape index (κ1) is 21.3. The summed E-state index contributed by atoms with van der Waals surface area (Å²) in [6, 6.07) is 5.99. The van der Waals surface area contributed by atoms with E-state index in [1.54, 1.807) is 20.8 Å². The normalized spacial score (nSPS) is 19.2. The molecular weight excluding hydrogens is 430 g/mol. The molecule has 7 nitrogen and oxygen atoms in total. The molecule has 0 N–H and O–H groups in total. The molecule has 2 atom stereocenters. The SMILES string of the molecule is CC(C)(C)OC(=O)N1C[C@@H](F)C[C@H]1c1nn2ccc(Cl)c2c(=O)n1-c1cccc(F)c1. The average molecular weight is 451 g/mol. The predicted octanol–water partition coefficient (Wildman–Crippen LogP) is 4.30. The van der Waals surface area contributed by atoms with Crippen LogP contribution in [-0.4, -0.2) is 43.5 Å². The summed E-state index contributed by atoms with van der Waals surface area (Å²) in [5.74, 6) is -0.475. The van der Waals surface area contributed by atoms with Crippen LogP contribution in [0.4, 0.5) is 13.6 Å². The van der Waals surface area contributed by atoms with Gasteiger partial charge in [0.05, 0.1) is 23.3 Å². The van der Waals surface area contributed by atoms with Crippen LogP contribution in [0.3, 0.4) is 0 Å². The summed E-state index contributed by atoms with van der Waals surface area (Å²) in [5.41, 5.74) is -1.06. The lowest BCUT2D eigenvalue weighted by Gasteiger charge is -2.29. The Balaban J connectivity index is 1.92. The number of amides is 1. The van der Waals surface area contributed by atoms with Gasteiger partial charge in [0.15, 0.2) is 5.82 Å². The Bertz CT molecular complexity index is 1220. The Hall–Kier alpha value is -2.94. The number of carbonyl (C=O) groups is 1. The molecule has 10 heteroatoms. The van der Waals surface area contributed by atoms with E-state index in [4.69, 9.17) is 16.3 Å². The van der Waals surface area contributed by atoms with Crippen LogP contribution in [-0.2, 0) is 4.74 Å². The molecule has 164 valence electrons. The number of aromatic nitrogens is 3. The van der Waals surface area contributed by atoms with Gasteiger partial charge in [0, 0.05) is 12.6 Å². The lowest BCUT2D eigenvalue weighted by Crippen LogP contribution is -2.39. The number of alkyl halides is 1. The summed E-state index contributed by atoms with van der Waals surface area (Å²) in [6.45, 7) is 4.91. The number of halogens is 3. The minimum atomic E-state index is -1.33. The van der Waals surface area contributed by atoms with Crippen LogP contribution >= 0.6 is 11.6 Å². The monoisotopic (exact) mass is 450 g/mol. The third-order valence-electron chi connectivity index (χ3n) is 4.90. The molecule has 3 heterocycles. The summed E-state index contributed by atoms with van der Waals surface area (Å²) in [6.07, 6.45) is -0.637. The molecule has 0 unspecified atom stereocenters. The summed E-state index contributed by atoms with van der Waals surface area (Å²) in [5, 5.41) is 4.64. The van der Waals surface area contributed by atoms with Crippen molar-refractivity contribution in [3.63, 3.8) is 0 Å². The number of hydrogen-bond donors (Lipinski definition) is 0. The molecule has 0 radical (unpaired) electrons. The fourth-order valence-electron chi connectivity index (χ4n) is 3.68. The van der Waals surface area contributed by atoms with E-state index in [0.717, 1.165) is 0 Å². The van der Waals surface area contributed by atoms with Gasteiger partial charge in [-0.15, -0.1) is 0 Å². The van der Waals surface area contributed by atoms with Crippen LogP contribution in [0.5, 0.6) is 0 Å². The maximum atomic E-state index is 14.5. The maximum absolute atomic E-state index is 14.5. The molecule has 0 saturated carbocycles. The van der Waals surface area contributed by atoms with Crippen molar-refractivity contribution in [3.8, 4) is 5.69 Å². The van der Waals surface area contributed by atoms with Crippen molar-refractivity contribution in [2.45, 2.75) is 45.0 Å². The van der Waals surface area contributed by atoms with E-state index in [1.165, 1.54) is 50.5 Å². The number of ether oxygens (including phenoxy) is 1. The van der Waals surface area contributed by atoms with Crippen LogP contribution in [0, 0.1) is 5.82 Å². The zero-order chi connectivity index (χ0) is 22.5. The molecule has 1 aromatic carbocycles. The van der Waals surface area contributed by atoms with Crippen LogP contribution < -0.4 is 5.56 Å². The summed E-state index contributed by atoms with van der Waals surface area (Å²) >= 11 is 6.16. The smallest absolute Gasteiger partial charge is 0.411 e. The fourth-order valence-corrected chi connectivity index (χ4v) is 3.90. The van der Waals surface area contributed by atoms with E-state index in [1.807, 2.05) is 0 Å². The largest absolute Gasteiger partial charge is 0.444 e. The average Bonchev–Trinajstić information content (AvgIpc) is 3.23. The minimum absolute atomic E-state index is 0.0818. The van der Waals surface area contributed by atoms with E-state index in [0.29, 0.717) is 0 Å². The number of hydrogen-bond acceptors (Lipinski definition) is 4. The molecule has 0 aliphatic carbocycles. The predicted molar refractivity (Wildman–Crippen MR) is 111 cm³/mol. The first-order valence-corrected chi connectivity index (χ1v) is 10.1. The fraction of sp³-hybridized carbons (Fsp3) is 0.381. The van der Waals surface area contributed by atoms with Gasteiger partial charge in [0.2, 0.25) is 0 Å². The number of benzene rings is 1. The highest BCUT2D eigenvalue weighted by molar-refractivity contribution is 6.33. The lowest BCUT2D eigenvalue weighted by atomic mass is 10.1. The molecule has 1 fully saturated rings. The number of nitrogens with zero attached hydrogens (tertiary/aromatic N) is 4. The van der Waals surface area contributed by atoms with E-state index in [9.17, 15) is 18.4 Å². The maximum Gasteiger partial charge on any atom is 0.411 e. The highest BCUT2D eigenvalue weighted by atomic mass is 35.5. The third-order valence-corrected chi connectivity index (χ3v) is 5.21. The highest BCUT2D eigenvalue weighted by Gasteiger charge is 2.41. The number of carbonyl (C=O) groups excluding carboxylic acids is 1. The van der Waals surface area contributed by atoms with E-state index >= 15 is 0 Å². The zero-order valence-electron chi connectivity index (χ0n) is 17.2. The number of rotatable bonds is 2. The summed E-state index contributed by atoms with van der Waals surface area (Å²) < 4.78 is 36.3. The van der Waals surface area contributed by atoms with Crippen LogP contribution in [0.1, 0.15) is 39.1 Å². The van der Waals surface area contributed by atoms with Crippen molar-refractivity contribution in [2.24, 2.45) is 0 Å². The second kappa shape index (κ2) is 7.64. The summed E-state index contributed by atoms with van der Waals surface area (Å²) in [4.78, 5) is 27.3. The third kappa shape index (κ3) is 4.01. The van der Waals surface area contributed by atoms with Crippen molar-refractivity contribution < 1.29 is 18.3 Å². The van der Waals surface area contributed by atoms with E-state index < -0.39 is 35.3 Å². The number of likely N-dealkylation sites (tertiary alicyclic amines) is 1. The Labute approximate surface area is 181 Å². The molecule has 0 bridgehead atoms. The minimum Gasteiger partial charge on any atom is -0.444 e. The van der Waals surface area contributed by atoms with Crippen molar-refractivity contribution in [1.29, 1.82) is 0 Å². The molecule has 31 heavy (non-hydrogen) atoms. The first-order valence-electron chi connectivity index (χ1n) is 9.74. The van der Waals surface area contributed by atoms with E-state index in [2.05, 4.69) is 5.10 Å². The Morgan fingerprint density at radius 1 is 1.29 bits per heavy atom. The van der Waals surface area contributed by atoms with Gasteiger partial charge in [-0.2, -0.15) is 5.10 Å². The van der Waals surface area contributed by atoms with Gasteiger partial charge in [0.25, 0.3) is 5.56 Å². The molecule has 2 aromatic heterocycles. The van der Waals surface area contributed by atoms with Gasteiger partial charge in [-0.25, -0.2) is 18.1 Å². The molecule has 4 rings (SSSR count). The van der Waals surface area contributed by atoms with Gasteiger partial charge in [-0.1, -0.05) is 17.7 Å². The second-order valence-corrected chi connectivity index (χ2v) is 8.82. The van der Waals surface area contributed by atoms with Crippen LogP contribution in [0.15, 0.2) is 41.3 Å². The van der Waals surface area contributed by atoms with Crippen molar-refractivity contribution in [3.05, 3.63) is 63.5 Å². The Kier molecular flexibility index (Phi) is 5.25. The van der Waals surface area contributed by atoms with Crippen LogP contribution in [0.25, 0.3) is 11.2 Å². The van der Waals surface area contributed by atoms with Crippen molar-refractivity contribution in [2.75, 3.05) is 6.54 Å². The summed E-state index contributed by atoms with van der Waals surface area (Å²) in [7, 11) is 0. The van der Waals surface area contributed by atoms with E-state index in [-0.39, 0.29) is 35.0 Å². The molecule has 3 aromatic rings. The molecule has 1 saturated heterocycles. The molecule has 0 spiro atoms. The first-order chi connectivity index (χ1) is 14.5.